The number of carbonyl (C=O) groups is 1. The quantitative estimate of drug-likeness (QED) is 0.533. The van der Waals surface area contributed by atoms with Gasteiger partial charge in [0.2, 0.25) is 0 Å². The molecule has 0 atom stereocenters. The molecule has 0 radical (unpaired) electrons. The zero-order chi connectivity index (χ0) is 20.2. The van der Waals surface area contributed by atoms with Crippen LogP contribution in [0.5, 0.6) is 0 Å². The summed E-state index contributed by atoms with van der Waals surface area (Å²) in [5.74, 6) is -0.891. The molecule has 0 bridgehead atoms. The summed E-state index contributed by atoms with van der Waals surface area (Å²) in [6.07, 6.45) is 3.52. The minimum atomic E-state index is -0.493. The Bertz CT molecular complexity index is 1120. The summed E-state index contributed by atoms with van der Waals surface area (Å²) in [6.45, 7) is -0.0593. The second-order valence-corrected chi connectivity index (χ2v) is 6.54. The molecule has 5 nitrogen and oxygen atoms in total. The molecule has 1 heterocycles. The number of carbonyl (C=O) groups excluding carboxylic acids is 1. The number of aliphatic hydroxyl groups is 1. The smallest absolute Gasteiger partial charge is 0.255 e. The van der Waals surface area contributed by atoms with Crippen LogP contribution in [0.1, 0.15) is 15.9 Å². The Balaban J connectivity index is 1.54. The molecule has 29 heavy (non-hydrogen) atoms. The molecule has 0 aliphatic heterocycles. The van der Waals surface area contributed by atoms with Gasteiger partial charge in [-0.05, 0) is 65.2 Å². The van der Waals surface area contributed by atoms with Crippen LogP contribution in [0.25, 0.3) is 16.8 Å². The number of hydrogen-bond acceptors (Lipinski definition) is 3. The molecular formula is C23H18FN3O2. The van der Waals surface area contributed by atoms with Crippen LogP contribution in [0.2, 0.25) is 0 Å². The Morgan fingerprint density at radius 3 is 2.41 bits per heavy atom. The second kappa shape index (κ2) is 8.08. The van der Waals surface area contributed by atoms with Gasteiger partial charge in [0, 0.05) is 23.6 Å². The number of benzene rings is 3. The highest BCUT2D eigenvalue weighted by Crippen LogP contribution is 2.23. The Morgan fingerprint density at radius 2 is 1.76 bits per heavy atom. The number of anilines is 1. The molecule has 3 aromatic carbocycles. The molecule has 0 saturated heterocycles. The minimum Gasteiger partial charge on any atom is -0.392 e. The lowest BCUT2D eigenvalue weighted by molar-refractivity contribution is 0.102. The zero-order valence-electron chi connectivity index (χ0n) is 15.4. The number of hydrogen-bond donors (Lipinski definition) is 2. The third kappa shape index (κ3) is 4.23. The SMILES string of the molecule is O=C(Nc1ccc(-n2cccn2)cc1)c1cc(F)cc(-c2ccc(CO)cc2)c1. The molecule has 1 aromatic heterocycles. The van der Waals surface area contributed by atoms with Gasteiger partial charge in [-0.15, -0.1) is 0 Å². The first-order valence-electron chi connectivity index (χ1n) is 9.04. The summed E-state index contributed by atoms with van der Waals surface area (Å²) in [5.41, 5.74) is 3.81. The van der Waals surface area contributed by atoms with E-state index in [0.717, 1.165) is 16.8 Å². The Morgan fingerprint density at radius 1 is 1.00 bits per heavy atom. The molecule has 0 fully saturated rings. The monoisotopic (exact) mass is 387 g/mol. The average molecular weight is 387 g/mol. The Kier molecular flexibility index (Phi) is 5.18. The van der Waals surface area contributed by atoms with Crippen molar-refractivity contribution in [3.8, 4) is 16.8 Å². The number of nitrogens with zero attached hydrogens (tertiary/aromatic N) is 2. The molecule has 0 unspecified atom stereocenters. The van der Waals surface area contributed by atoms with E-state index in [9.17, 15) is 9.18 Å². The van der Waals surface area contributed by atoms with E-state index in [1.54, 1.807) is 53.3 Å². The minimum absolute atomic E-state index is 0.0593. The average Bonchev–Trinajstić information content (AvgIpc) is 3.29. The maximum absolute atomic E-state index is 14.1. The van der Waals surface area contributed by atoms with Gasteiger partial charge in [-0.25, -0.2) is 9.07 Å². The highest BCUT2D eigenvalue weighted by molar-refractivity contribution is 6.05. The fourth-order valence-corrected chi connectivity index (χ4v) is 3.01. The lowest BCUT2D eigenvalue weighted by Gasteiger charge is -2.09. The van der Waals surface area contributed by atoms with Crippen LogP contribution in [0.15, 0.2) is 85.2 Å². The van der Waals surface area contributed by atoms with Crippen LogP contribution < -0.4 is 5.32 Å². The summed E-state index contributed by atoms with van der Waals surface area (Å²) in [6, 6.07) is 20.4. The summed E-state index contributed by atoms with van der Waals surface area (Å²) in [4.78, 5) is 12.6. The van der Waals surface area contributed by atoms with Gasteiger partial charge in [-0.1, -0.05) is 24.3 Å². The van der Waals surface area contributed by atoms with Gasteiger partial charge in [0.15, 0.2) is 0 Å². The normalized spacial score (nSPS) is 10.7. The van der Waals surface area contributed by atoms with Crippen LogP contribution >= 0.6 is 0 Å². The maximum Gasteiger partial charge on any atom is 0.255 e. The summed E-state index contributed by atoms with van der Waals surface area (Å²) >= 11 is 0. The fourth-order valence-electron chi connectivity index (χ4n) is 3.01. The van der Waals surface area contributed by atoms with E-state index in [2.05, 4.69) is 10.4 Å². The number of halogens is 1. The maximum atomic E-state index is 14.1. The number of rotatable bonds is 5. The number of aromatic nitrogens is 2. The van der Waals surface area contributed by atoms with Crippen molar-refractivity contribution in [3.63, 3.8) is 0 Å². The van der Waals surface area contributed by atoms with Gasteiger partial charge >= 0.3 is 0 Å². The molecule has 4 rings (SSSR count). The molecule has 2 N–H and O–H groups in total. The lowest BCUT2D eigenvalue weighted by atomic mass is 10.0. The number of aliphatic hydroxyl groups excluding tert-OH is 1. The van der Waals surface area contributed by atoms with Gasteiger partial charge in [0.05, 0.1) is 12.3 Å². The van der Waals surface area contributed by atoms with Crippen molar-refractivity contribution in [2.45, 2.75) is 6.61 Å². The molecule has 6 heteroatoms. The van der Waals surface area contributed by atoms with Crippen molar-refractivity contribution < 1.29 is 14.3 Å². The van der Waals surface area contributed by atoms with Gasteiger partial charge in [0.25, 0.3) is 5.91 Å². The van der Waals surface area contributed by atoms with Crippen molar-refractivity contribution in [1.29, 1.82) is 0 Å². The topological polar surface area (TPSA) is 67.2 Å². The fraction of sp³-hybridized carbons (Fsp3) is 0.0435. The molecule has 4 aromatic rings. The van der Waals surface area contributed by atoms with Crippen LogP contribution in [0.3, 0.4) is 0 Å². The molecule has 0 saturated carbocycles. The first-order valence-corrected chi connectivity index (χ1v) is 9.04. The zero-order valence-corrected chi connectivity index (χ0v) is 15.4. The summed E-state index contributed by atoms with van der Waals surface area (Å²) < 4.78 is 15.9. The van der Waals surface area contributed by atoms with Crippen LogP contribution in [-0.2, 0) is 6.61 Å². The van der Waals surface area contributed by atoms with Crippen molar-refractivity contribution in [1.82, 2.24) is 9.78 Å². The molecule has 0 aliphatic rings. The molecule has 0 spiro atoms. The molecule has 0 aliphatic carbocycles. The van der Waals surface area contributed by atoms with Crippen LogP contribution in [0, 0.1) is 5.82 Å². The Labute approximate surface area is 167 Å². The predicted octanol–water partition coefficient (Wildman–Crippen LogP) is 4.42. The van der Waals surface area contributed by atoms with Crippen molar-refractivity contribution in [2.24, 2.45) is 0 Å². The van der Waals surface area contributed by atoms with Gasteiger partial charge in [-0.3, -0.25) is 4.79 Å². The second-order valence-electron chi connectivity index (χ2n) is 6.54. The standard InChI is InChI=1S/C23H18FN3O2/c24-20-13-18(17-4-2-16(15-28)3-5-17)12-19(14-20)23(29)26-21-6-8-22(9-7-21)27-11-1-10-25-27/h1-14,28H,15H2,(H,26,29). The van der Waals surface area contributed by atoms with Crippen molar-refractivity contribution >= 4 is 11.6 Å². The summed E-state index contributed by atoms with van der Waals surface area (Å²) in [7, 11) is 0. The first-order chi connectivity index (χ1) is 14.1. The van der Waals surface area contributed by atoms with E-state index in [0.29, 0.717) is 11.3 Å². The third-order valence-corrected chi connectivity index (χ3v) is 4.52. The van der Waals surface area contributed by atoms with E-state index in [4.69, 9.17) is 5.11 Å². The molecular weight excluding hydrogens is 369 g/mol. The first kappa shape index (κ1) is 18.6. The predicted molar refractivity (Wildman–Crippen MR) is 109 cm³/mol. The Hall–Kier alpha value is -3.77. The highest BCUT2D eigenvalue weighted by atomic mass is 19.1. The third-order valence-electron chi connectivity index (χ3n) is 4.52. The van der Waals surface area contributed by atoms with Gasteiger partial charge in [-0.2, -0.15) is 5.10 Å². The number of nitrogens with one attached hydrogen (secondary N) is 1. The molecule has 1 amide bonds. The van der Waals surface area contributed by atoms with Crippen molar-refractivity contribution in [2.75, 3.05) is 5.32 Å². The summed E-state index contributed by atoms with van der Waals surface area (Å²) in [5, 5.41) is 16.1. The van der Waals surface area contributed by atoms with E-state index in [1.165, 1.54) is 12.1 Å². The number of amides is 1. The van der Waals surface area contributed by atoms with Crippen molar-refractivity contribution in [3.05, 3.63) is 102 Å². The van der Waals surface area contributed by atoms with Crippen LogP contribution in [-0.4, -0.2) is 20.8 Å². The largest absolute Gasteiger partial charge is 0.392 e. The highest BCUT2D eigenvalue weighted by Gasteiger charge is 2.11. The van der Waals surface area contributed by atoms with Gasteiger partial charge in [0.1, 0.15) is 5.82 Å². The van der Waals surface area contributed by atoms with Crippen LogP contribution in [0.4, 0.5) is 10.1 Å². The lowest BCUT2D eigenvalue weighted by Crippen LogP contribution is -2.12. The van der Waals surface area contributed by atoms with E-state index >= 15 is 0 Å². The van der Waals surface area contributed by atoms with E-state index < -0.39 is 11.7 Å². The molecule has 144 valence electrons. The van der Waals surface area contributed by atoms with E-state index in [-0.39, 0.29) is 12.2 Å². The van der Waals surface area contributed by atoms with Gasteiger partial charge < -0.3 is 10.4 Å². The van der Waals surface area contributed by atoms with E-state index in [1.807, 2.05) is 24.4 Å².